The Bertz CT molecular complexity index is 737. The Kier molecular flexibility index (Phi) is 4.95. The van der Waals surface area contributed by atoms with Crippen LogP contribution < -0.4 is 5.32 Å². The predicted molar refractivity (Wildman–Crippen MR) is 95.8 cm³/mol. The molecule has 0 saturated heterocycles. The van der Waals surface area contributed by atoms with E-state index in [1.165, 1.54) is 11.6 Å². The number of halogens is 1. The largest absolute Gasteiger partial charge is 0.323 e. The van der Waals surface area contributed by atoms with Gasteiger partial charge in [0.25, 0.3) is 0 Å². The quantitative estimate of drug-likeness (QED) is 0.851. The van der Waals surface area contributed by atoms with Crippen molar-refractivity contribution >= 4 is 29.3 Å². The zero-order valence-electron chi connectivity index (χ0n) is 14.1. The van der Waals surface area contributed by atoms with E-state index in [0.717, 1.165) is 16.9 Å². The molecule has 0 fully saturated rings. The number of carbonyl (C=O) groups is 1. The van der Waals surface area contributed by atoms with E-state index in [-0.39, 0.29) is 11.3 Å². The second-order valence-electron chi connectivity index (χ2n) is 6.56. The van der Waals surface area contributed by atoms with Gasteiger partial charge >= 0.3 is 0 Å². The molecule has 0 aliphatic carbocycles. The van der Waals surface area contributed by atoms with Crippen molar-refractivity contribution in [3.05, 3.63) is 52.3 Å². The average molecular weight is 332 g/mol. The lowest BCUT2D eigenvalue weighted by Gasteiger charge is -2.19. The molecule has 0 bridgehead atoms. The van der Waals surface area contributed by atoms with Crippen molar-refractivity contribution in [2.75, 3.05) is 5.32 Å². The van der Waals surface area contributed by atoms with Crippen molar-refractivity contribution in [2.24, 2.45) is 7.05 Å². The summed E-state index contributed by atoms with van der Waals surface area (Å²) in [5, 5.41) is 7.56. The summed E-state index contributed by atoms with van der Waals surface area (Å²) in [5.74, 6) is -0.201. The van der Waals surface area contributed by atoms with E-state index in [0.29, 0.717) is 5.15 Å². The number of rotatable bonds is 3. The number of carbonyl (C=O) groups excluding carboxylic acids is 1. The number of anilines is 1. The van der Waals surface area contributed by atoms with Gasteiger partial charge < -0.3 is 5.32 Å². The summed E-state index contributed by atoms with van der Waals surface area (Å²) in [6.45, 7) is 8.32. The van der Waals surface area contributed by atoms with E-state index < -0.39 is 0 Å². The van der Waals surface area contributed by atoms with Gasteiger partial charge in [0, 0.05) is 24.4 Å². The molecule has 0 unspecified atom stereocenters. The topological polar surface area (TPSA) is 46.9 Å². The lowest BCUT2D eigenvalue weighted by molar-refractivity contribution is -0.111. The van der Waals surface area contributed by atoms with Crippen LogP contribution in [0.15, 0.2) is 30.3 Å². The summed E-state index contributed by atoms with van der Waals surface area (Å²) < 4.78 is 1.58. The number of hydrogen-bond acceptors (Lipinski definition) is 2. The first-order valence-electron chi connectivity index (χ1n) is 7.47. The monoisotopic (exact) mass is 331 g/mol. The van der Waals surface area contributed by atoms with Crippen LogP contribution in [-0.4, -0.2) is 15.7 Å². The van der Waals surface area contributed by atoms with Crippen LogP contribution in [0.25, 0.3) is 6.08 Å². The molecule has 0 spiro atoms. The summed E-state index contributed by atoms with van der Waals surface area (Å²) in [7, 11) is 1.77. The third-order valence-electron chi connectivity index (χ3n) is 3.62. The van der Waals surface area contributed by atoms with Gasteiger partial charge in [-0.05, 0) is 36.1 Å². The maximum atomic E-state index is 12.0. The van der Waals surface area contributed by atoms with E-state index in [1.807, 2.05) is 31.2 Å². The number of benzene rings is 1. The minimum atomic E-state index is -0.201. The van der Waals surface area contributed by atoms with Crippen molar-refractivity contribution in [2.45, 2.75) is 33.1 Å². The van der Waals surface area contributed by atoms with E-state index in [9.17, 15) is 4.79 Å². The van der Waals surface area contributed by atoms with Crippen molar-refractivity contribution in [1.82, 2.24) is 9.78 Å². The highest BCUT2D eigenvalue weighted by atomic mass is 35.5. The Morgan fingerprint density at radius 2 is 1.87 bits per heavy atom. The third kappa shape index (κ3) is 4.23. The molecule has 0 radical (unpaired) electrons. The SMILES string of the molecule is Cc1nn(C)c(Cl)c1/C=C/C(=O)Nc1ccc(C(C)(C)C)cc1. The first kappa shape index (κ1) is 17.3. The Hall–Kier alpha value is -2.07. The fraction of sp³-hybridized carbons (Fsp3) is 0.333. The van der Waals surface area contributed by atoms with Crippen LogP contribution in [0.1, 0.15) is 37.6 Å². The van der Waals surface area contributed by atoms with Gasteiger partial charge in [0.15, 0.2) is 0 Å². The summed E-state index contributed by atoms with van der Waals surface area (Å²) in [6, 6.07) is 7.88. The lowest BCUT2D eigenvalue weighted by Crippen LogP contribution is -2.12. The molecule has 1 heterocycles. The number of aromatic nitrogens is 2. The number of hydrogen-bond donors (Lipinski definition) is 1. The fourth-order valence-corrected chi connectivity index (χ4v) is 2.47. The van der Waals surface area contributed by atoms with Gasteiger partial charge in [0.2, 0.25) is 5.91 Å². The molecule has 1 amide bonds. The standard InChI is InChI=1S/C18H22ClN3O/c1-12-15(17(19)22(5)21-12)10-11-16(23)20-14-8-6-13(7-9-14)18(2,3)4/h6-11H,1-5H3,(H,20,23)/b11-10+. The number of nitrogens with zero attached hydrogens (tertiary/aromatic N) is 2. The predicted octanol–water partition coefficient (Wildman–Crippen LogP) is 4.33. The van der Waals surface area contributed by atoms with Gasteiger partial charge in [0.1, 0.15) is 5.15 Å². The second-order valence-corrected chi connectivity index (χ2v) is 6.92. The molecule has 0 atom stereocenters. The molecule has 2 rings (SSSR count). The van der Waals surface area contributed by atoms with Crippen molar-refractivity contribution < 1.29 is 4.79 Å². The normalized spacial score (nSPS) is 11.9. The average Bonchev–Trinajstić information content (AvgIpc) is 2.70. The third-order valence-corrected chi connectivity index (χ3v) is 4.06. The maximum absolute atomic E-state index is 12.0. The van der Waals surface area contributed by atoms with E-state index >= 15 is 0 Å². The first-order chi connectivity index (χ1) is 10.7. The molecular weight excluding hydrogens is 310 g/mol. The maximum Gasteiger partial charge on any atom is 0.248 e. The molecule has 1 aromatic carbocycles. The summed E-state index contributed by atoms with van der Waals surface area (Å²) in [5.41, 5.74) is 3.63. The minimum Gasteiger partial charge on any atom is -0.323 e. The molecule has 2 aromatic rings. The van der Waals surface area contributed by atoms with E-state index in [2.05, 4.69) is 31.2 Å². The summed E-state index contributed by atoms with van der Waals surface area (Å²) in [4.78, 5) is 12.0. The molecular formula is C18H22ClN3O. The summed E-state index contributed by atoms with van der Waals surface area (Å²) >= 11 is 6.14. The second kappa shape index (κ2) is 6.59. The van der Waals surface area contributed by atoms with Gasteiger partial charge in [0.05, 0.1) is 5.69 Å². The Morgan fingerprint density at radius 3 is 2.35 bits per heavy atom. The van der Waals surface area contributed by atoms with E-state index in [4.69, 9.17) is 11.6 Å². The molecule has 23 heavy (non-hydrogen) atoms. The van der Waals surface area contributed by atoms with Crippen LogP contribution >= 0.6 is 11.6 Å². The number of amides is 1. The molecule has 5 heteroatoms. The highest BCUT2D eigenvalue weighted by Crippen LogP contribution is 2.23. The molecule has 1 N–H and O–H groups in total. The van der Waals surface area contributed by atoms with E-state index in [1.54, 1.807) is 17.8 Å². The molecule has 0 aliphatic heterocycles. The Labute approximate surface area is 142 Å². The highest BCUT2D eigenvalue weighted by Gasteiger charge is 2.13. The molecule has 0 aliphatic rings. The van der Waals surface area contributed by atoms with Crippen LogP contribution in [0.4, 0.5) is 5.69 Å². The first-order valence-corrected chi connectivity index (χ1v) is 7.85. The van der Waals surface area contributed by atoms with Crippen molar-refractivity contribution in [3.8, 4) is 0 Å². The van der Waals surface area contributed by atoms with Crippen LogP contribution in [0, 0.1) is 6.92 Å². The Balaban J connectivity index is 2.06. The zero-order chi connectivity index (χ0) is 17.2. The van der Waals surface area contributed by atoms with Crippen LogP contribution in [-0.2, 0) is 17.3 Å². The Morgan fingerprint density at radius 1 is 1.26 bits per heavy atom. The zero-order valence-corrected chi connectivity index (χ0v) is 14.9. The van der Waals surface area contributed by atoms with Gasteiger partial charge in [-0.1, -0.05) is 44.5 Å². The smallest absolute Gasteiger partial charge is 0.248 e. The van der Waals surface area contributed by atoms with Crippen LogP contribution in [0.3, 0.4) is 0 Å². The van der Waals surface area contributed by atoms with Gasteiger partial charge in [-0.15, -0.1) is 0 Å². The fourth-order valence-electron chi connectivity index (χ4n) is 2.23. The molecule has 4 nitrogen and oxygen atoms in total. The highest BCUT2D eigenvalue weighted by molar-refractivity contribution is 6.31. The number of nitrogens with one attached hydrogen (secondary N) is 1. The van der Waals surface area contributed by atoms with Crippen molar-refractivity contribution in [1.29, 1.82) is 0 Å². The molecule has 1 aromatic heterocycles. The van der Waals surface area contributed by atoms with Crippen LogP contribution in [0.2, 0.25) is 5.15 Å². The van der Waals surface area contributed by atoms with Gasteiger partial charge in [-0.3, -0.25) is 9.48 Å². The lowest BCUT2D eigenvalue weighted by atomic mass is 9.87. The van der Waals surface area contributed by atoms with Crippen molar-refractivity contribution in [3.63, 3.8) is 0 Å². The van der Waals surface area contributed by atoms with Crippen LogP contribution in [0.5, 0.6) is 0 Å². The molecule has 0 saturated carbocycles. The van der Waals surface area contributed by atoms with Gasteiger partial charge in [-0.2, -0.15) is 5.10 Å². The van der Waals surface area contributed by atoms with Gasteiger partial charge in [-0.25, -0.2) is 0 Å². The summed E-state index contributed by atoms with van der Waals surface area (Å²) in [6.07, 6.45) is 3.15. The number of aryl methyl sites for hydroxylation is 2. The molecule has 122 valence electrons. The minimum absolute atomic E-state index is 0.0943.